The second-order valence-electron chi connectivity index (χ2n) is 8.82. The molecule has 0 saturated carbocycles. The number of carbonyl (C=O) groups excluding carboxylic acids is 1. The molecule has 1 saturated heterocycles. The van der Waals surface area contributed by atoms with E-state index < -0.39 is 0 Å². The van der Waals surface area contributed by atoms with Gasteiger partial charge in [-0.15, -0.1) is 0 Å². The number of halogens is 2. The Morgan fingerprint density at radius 1 is 1.16 bits per heavy atom. The number of methoxy groups -OCH3 is 2. The summed E-state index contributed by atoms with van der Waals surface area (Å²) in [5.41, 5.74) is 3.23. The van der Waals surface area contributed by atoms with Gasteiger partial charge in [-0.25, -0.2) is 9.97 Å². The number of anilines is 1. The van der Waals surface area contributed by atoms with Crippen LogP contribution in [0.1, 0.15) is 12.1 Å². The van der Waals surface area contributed by atoms with Crippen LogP contribution in [0.2, 0.25) is 10.0 Å². The Morgan fingerprint density at radius 3 is 2.58 bits per heavy atom. The van der Waals surface area contributed by atoms with Gasteiger partial charge in [-0.1, -0.05) is 29.8 Å². The summed E-state index contributed by atoms with van der Waals surface area (Å²) in [6, 6.07) is 3.17. The average molecular weight is 557 g/mol. The van der Waals surface area contributed by atoms with Gasteiger partial charge in [0.2, 0.25) is 11.9 Å². The quantitative estimate of drug-likeness (QED) is 0.321. The van der Waals surface area contributed by atoms with E-state index in [0.717, 1.165) is 11.1 Å². The zero-order chi connectivity index (χ0) is 27.0. The highest BCUT2D eigenvalue weighted by atomic mass is 35.5. The number of amides is 1. The normalized spacial score (nSPS) is 17.4. The summed E-state index contributed by atoms with van der Waals surface area (Å²) in [5, 5.41) is 7.67. The van der Waals surface area contributed by atoms with Crippen LogP contribution in [0.25, 0.3) is 27.8 Å². The molecule has 10 nitrogen and oxygen atoms in total. The topological polar surface area (TPSA) is 112 Å². The largest absolute Gasteiger partial charge is 0.495 e. The van der Waals surface area contributed by atoms with E-state index in [1.54, 1.807) is 12.3 Å². The minimum atomic E-state index is -0.238. The van der Waals surface area contributed by atoms with E-state index in [1.165, 1.54) is 20.3 Å². The van der Waals surface area contributed by atoms with Gasteiger partial charge in [0.1, 0.15) is 17.1 Å². The number of hydrogen-bond donors (Lipinski definition) is 2. The van der Waals surface area contributed by atoms with Gasteiger partial charge < -0.3 is 24.8 Å². The molecule has 38 heavy (non-hydrogen) atoms. The van der Waals surface area contributed by atoms with Crippen LogP contribution < -0.4 is 20.1 Å². The van der Waals surface area contributed by atoms with Gasteiger partial charge in [-0.3, -0.25) is 9.20 Å². The molecule has 0 aliphatic carbocycles. The van der Waals surface area contributed by atoms with Crippen LogP contribution in [0.3, 0.4) is 0 Å². The van der Waals surface area contributed by atoms with E-state index in [1.807, 2.05) is 23.6 Å². The second-order valence-corrected chi connectivity index (χ2v) is 9.58. The summed E-state index contributed by atoms with van der Waals surface area (Å²) in [4.78, 5) is 26.0. The number of ether oxygens (including phenoxy) is 3. The number of pyridine rings is 1. The number of nitrogens with one attached hydrogen (secondary N) is 2. The van der Waals surface area contributed by atoms with Crippen molar-refractivity contribution in [3.8, 4) is 22.6 Å². The first-order valence-corrected chi connectivity index (χ1v) is 12.6. The number of imidazole rings is 1. The van der Waals surface area contributed by atoms with Crippen molar-refractivity contribution in [2.75, 3.05) is 32.8 Å². The Labute approximate surface area is 228 Å². The molecule has 2 N–H and O–H groups in total. The van der Waals surface area contributed by atoms with Crippen molar-refractivity contribution < 1.29 is 19.0 Å². The van der Waals surface area contributed by atoms with E-state index in [4.69, 9.17) is 47.4 Å². The minimum absolute atomic E-state index is 0.154. The Morgan fingerprint density at radius 2 is 1.89 bits per heavy atom. The third kappa shape index (κ3) is 4.70. The van der Waals surface area contributed by atoms with Crippen molar-refractivity contribution in [3.05, 3.63) is 52.9 Å². The van der Waals surface area contributed by atoms with Gasteiger partial charge in [0, 0.05) is 41.6 Å². The Hall–Kier alpha value is -3.60. The predicted molar refractivity (Wildman–Crippen MR) is 147 cm³/mol. The van der Waals surface area contributed by atoms with Crippen molar-refractivity contribution in [1.82, 2.24) is 24.7 Å². The standard InChI is InChI=1S/C26H26Cl2N6O4/c1-5-20(35)31-16-6-7-38-12-17(16)32-26-29-10-14-8-15(25-30-13(2)11-34(25)24(14)33-26)21-22(27)18(36-3)9-19(37-4)23(21)28/h5,8-11,16-17H,1,6-7,12H2,2-4H3,(H,31,35)(H,29,32,33)/t16-,17+/m0/s1. The van der Waals surface area contributed by atoms with E-state index in [2.05, 4.69) is 22.2 Å². The number of fused-ring (bicyclic) bond motifs is 3. The first-order valence-electron chi connectivity index (χ1n) is 11.9. The Bertz CT molecular complexity index is 1530. The van der Waals surface area contributed by atoms with Crippen molar-refractivity contribution in [3.63, 3.8) is 0 Å². The summed E-state index contributed by atoms with van der Waals surface area (Å²) in [5.74, 6) is 1.00. The molecule has 1 fully saturated rings. The molecule has 3 aromatic heterocycles. The summed E-state index contributed by atoms with van der Waals surface area (Å²) < 4.78 is 18.4. The second kappa shape index (κ2) is 10.6. The van der Waals surface area contributed by atoms with E-state index in [-0.39, 0.29) is 18.0 Å². The highest BCUT2D eigenvalue weighted by molar-refractivity contribution is 6.41. The third-order valence-electron chi connectivity index (χ3n) is 6.42. The maximum atomic E-state index is 11.9. The molecular formula is C26H26Cl2N6O4. The summed E-state index contributed by atoms with van der Waals surface area (Å²) in [6.07, 6.45) is 5.51. The maximum absolute atomic E-state index is 11.9. The van der Waals surface area contributed by atoms with Gasteiger partial charge in [0.05, 0.1) is 48.6 Å². The minimum Gasteiger partial charge on any atom is -0.495 e. The van der Waals surface area contributed by atoms with Crippen molar-refractivity contribution >= 4 is 51.7 Å². The fourth-order valence-corrected chi connectivity index (χ4v) is 5.29. The highest BCUT2D eigenvalue weighted by Gasteiger charge is 2.28. The zero-order valence-corrected chi connectivity index (χ0v) is 22.6. The Kier molecular flexibility index (Phi) is 7.29. The van der Waals surface area contributed by atoms with Gasteiger partial charge in [-0.05, 0) is 25.5 Å². The van der Waals surface area contributed by atoms with Crippen molar-refractivity contribution in [2.45, 2.75) is 25.4 Å². The molecule has 1 aliphatic rings. The lowest BCUT2D eigenvalue weighted by molar-refractivity contribution is -0.117. The number of aryl methyl sites for hydroxylation is 1. The van der Waals surface area contributed by atoms with Crippen LogP contribution in [0, 0.1) is 6.92 Å². The van der Waals surface area contributed by atoms with E-state index >= 15 is 0 Å². The number of hydrogen-bond acceptors (Lipinski definition) is 8. The van der Waals surface area contributed by atoms with Crippen LogP contribution in [0.4, 0.5) is 5.95 Å². The van der Waals surface area contributed by atoms with Crippen molar-refractivity contribution in [2.24, 2.45) is 0 Å². The van der Waals surface area contributed by atoms with Gasteiger partial charge >= 0.3 is 0 Å². The molecule has 1 amide bonds. The van der Waals surface area contributed by atoms with E-state index in [9.17, 15) is 4.79 Å². The third-order valence-corrected chi connectivity index (χ3v) is 7.17. The summed E-state index contributed by atoms with van der Waals surface area (Å²) in [7, 11) is 3.06. The van der Waals surface area contributed by atoms with Crippen LogP contribution in [-0.4, -0.2) is 64.8 Å². The molecule has 0 spiro atoms. The fourth-order valence-electron chi connectivity index (χ4n) is 4.58. The van der Waals surface area contributed by atoms with E-state index in [0.29, 0.717) is 69.5 Å². The van der Waals surface area contributed by atoms with Crippen LogP contribution >= 0.6 is 23.2 Å². The first-order chi connectivity index (χ1) is 18.3. The lowest BCUT2D eigenvalue weighted by atomic mass is 10.0. The molecule has 198 valence electrons. The molecule has 4 aromatic rings. The van der Waals surface area contributed by atoms with Crippen LogP contribution in [0.5, 0.6) is 11.5 Å². The molecule has 0 bridgehead atoms. The van der Waals surface area contributed by atoms with Gasteiger partial charge in [0.15, 0.2) is 5.65 Å². The fraction of sp³-hybridized carbons (Fsp3) is 0.308. The highest BCUT2D eigenvalue weighted by Crippen LogP contribution is 2.47. The zero-order valence-electron chi connectivity index (χ0n) is 21.0. The molecule has 0 unspecified atom stereocenters. The molecule has 1 aromatic carbocycles. The predicted octanol–water partition coefficient (Wildman–Crippen LogP) is 4.45. The number of rotatable bonds is 7. The lowest BCUT2D eigenvalue weighted by Gasteiger charge is -2.32. The number of nitrogens with zero attached hydrogens (tertiary/aromatic N) is 4. The average Bonchev–Trinajstić information content (AvgIpc) is 3.32. The van der Waals surface area contributed by atoms with Gasteiger partial charge in [0.25, 0.3) is 0 Å². The molecule has 0 radical (unpaired) electrons. The molecule has 2 atom stereocenters. The smallest absolute Gasteiger partial charge is 0.243 e. The van der Waals surface area contributed by atoms with Crippen LogP contribution in [-0.2, 0) is 9.53 Å². The van der Waals surface area contributed by atoms with Crippen LogP contribution in [0.15, 0.2) is 37.2 Å². The molecule has 1 aliphatic heterocycles. The number of benzene rings is 1. The number of aromatic nitrogens is 4. The molecular weight excluding hydrogens is 531 g/mol. The molecule has 5 rings (SSSR count). The molecule has 12 heteroatoms. The molecule has 4 heterocycles. The first kappa shape index (κ1) is 26.0. The summed E-state index contributed by atoms with van der Waals surface area (Å²) >= 11 is 13.5. The lowest BCUT2D eigenvalue weighted by Crippen LogP contribution is -2.52. The van der Waals surface area contributed by atoms with Gasteiger partial charge in [-0.2, -0.15) is 4.98 Å². The maximum Gasteiger partial charge on any atom is 0.243 e. The monoisotopic (exact) mass is 556 g/mol. The summed E-state index contributed by atoms with van der Waals surface area (Å²) in [6.45, 7) is 6.38. The Balaban J connectivity index is 1.61. The van der Waals surface area contributed by atoms with Crippen molar-refractivity contribution in [1.29, 1.82) is 0 Å². The SMILES string of the molecule is C=CC(=O)N[C@H]1CCOC[C@H]1Nc1ncc2cc(-c3c(Cl)c(OC)cc(OC)c3Cl)c3nc(C)cn3c2n1. The number of carbonyl (C=O) groups is 1.